The zero-order valence-electron chi connectivity index (χ0n) is 15.0. The van der Waals surface area contributed by atoms with Gasteiger partial charge in [0.25, 0.3) is 6.47 Å². The Bertz CT molecular complexity index is 881. The molecule has 0 aromatic carbocycles. The second-order valence-corrected chi connectivity index (χ2v) is 7.68. The summed E-state index contributed by atoms with van der Waals surface area (Å²) in [6.45, 7) is 7.76. The number of fused-ring (bicyclic) bond motifs is 1. The van der Waals surface area contributed by atoms with Crippen LogP contribution in [0.2, 0.25) is 0 Å². The quantitative estimate of drug-likeness (QED) is 0.677. The van der Waals surface area contributed by atoms with Crippen molar-refractivity contribution >= 4 is 34.7 Å². The number of aromatic nitrogens is 4. The molecule has 1 fully saturated rings. The zero-order chi connectivity index (χ0) is 18.7. The highest BCUT2D eigenvalue weighted by Crippen LogP contribution is 2.33. The number of ether oxygens (including phenoxy) is 1. The molecule has 0 radical (unpaired) electrons. The van der Waals surface area contributed by atoms with E-state index in [1.165, 1.54) is 6.33 Å². The highest BCUT2D eigenvalue weighted by Gasteiger charge is 2.25. The van der Waals surface area contributed by atoms with Crippen LogP contribution in [0, 0.1) is 0 Å². The number of nitrogens with two attached hydrogens (primary N) is 1. The topological polar surface area (TPSA) is 108 Å². The normalized spacial score (nSPS) is 14.4. The second-order valence-electron chi connectivity index (χ2n) is 6.90. The van der Waals surface area contributed by atoms with Gasteiger partial charge in [0.05, 0.1) is 11.4 Å². The number of hydrogen-bond acceptors (Lipinski definition) is 8. The first kappa shape index (κ1) is 18.3. The number of carbonyl (C=O) groups is 1. The summed E-state index contributed by atoms with van der Waals surface area (Å²) in [5.41, 5.74) is 8.47. The van der Waals surface area contributed by atoms with Gasteiger partial charge in [-0.2, -0.15) is 16.4 Å². The Kier molecular flexibility index (Phi) is 5.19. The Morgan fingerprint density at radius 3 is 2.65 bits per heavy atom. The molecule has 0 unspecified atom stereocenters. The van der Waals surface area contributed by atoms with Crippen LogP contribution in [0.4, 0.5) is 5.82 Å². The first-order valence-electron chi connectivity index (χ1n) is 8.24. The van der Waals surface area contributed by atoms with Gasteiger partial charge in [-0.1, -0.05) is 0 Å². The standard InChI is InChI=1S/C12H12N6S.C5H10O2/c13-11-9-10(7-1-2-19-5-7)17-18(8-3-14-4-8)12(9)16-6-15-11;1-5(2,3)7-4-6/h1-2,5-6,8,14H,3-4H2,(H2,13,15,16);4H,1-3H3. The van der Waals surface area contributed by atoms with Gasteiger partial charge in [-0.3, -0.25) is 4.79 Å². The van der Waals surface area contributed by atoms with Gasteiger partial charge in [-0.25, -0.2) is 14.6 Å². The van der Waals surface area contributed by atoms with Crippen LogP contribution in [0.5, 0.6) is 0 Å². The predicted octanol–water partition coefficient (Wildman–Crippen LogP) is 2.24. The van der Waals surface area contributed by atoms with Crippen molar-refractivity contribution in [3.8, 4) is 11.3 Å². The van der Waals surface area contributed by atoms with Gasteiger partial charge in [0.1, 0.15) is 23.4 Å². The highest BCUT2D eigenvalue weighted by atomic mass is 32.1. The van der Waals surface area contributed by atoms with Gasteiger partial charge in [-0.15, -0.1) is 0 Å². The van der Waals surface area contributed by atoms with Crippen molar-refractivity contribution in [2.75, 3.05) is 18.8 Å². The lowest BCUT2D eigenvalue weighted by Crippen LogP contribution is -2.43. The van der Waals surface area contributed by atoms with Gasteiger partial charge in [0.15, 0.2) is 5.65 Å². The molecule has 0 bridgehead atoms. The first-order valence-corrected chi connectivity index (χ1v) is 9.18. The molecule has 0 saturated carbocycles. The van der Waals surface area contributed by atoms with E-state index in [2.05, 4.69) is 25.4 Å². The van der Waals surface area contributed by atoms with Gasteiger partial charge in [0, 0.05) is 24.0 Å². The van der Waals surface area contributed by atoms with Crippen LogP contribution in [-0.2, 0) is 9.53 Å². The highest BCUT2D eigenvalue weighted by molar-refractivity contribution is 7.08. The third-order valence-electron chi connectivity index (χ3n) is 3.82. The number of nitrogens with one attached hydrogen (secondary N) is 1. The van der Waals surface area contributed by atoms with E-state index in [0.29, 0.717) is 18.3 Å². The third kappa shape index (κ3) is 3.83. The lowest BCUT2D eigenvalue weighted by Gasteiger charge is -2.27. The molecule has 0 atom stereocenters. The molecule has 26 heavy (non-hydrogen) atoms. The summed E-state index contributed by atoms with van der Waals surface area (Å²) in [6, 6.07) is 2.39. The summed E-state index contributed by atoms with van der Waals surface area (Å²) < 4.78 is 6.52. The van der Waals surface area contributed by atoms with E-state index >= 15 is 0 Å². The summed E-state index contributed by atoms with van der Waals surface area (Å²) in [4.78, 5) is 18.1. The fourth-order valence-electron chi connectivity index (χ4n) is 2.44. The van der Waals surface area contributed by atoms with Crippen molar-refractivity contribution in [2.45, 2.75) is 32.4 Å². The molecular weight excluding hydrogens is 352 g/mol. The molecular formula is C17H22N6O2S. The van der Waals surface area contributed by atoms with Crippen LogP contribution in [0.3, 0.4) is 0 Å². The Morgan fingerprint density at radius 1 is 1.38 bits per heavy atom. The minimum atomic E-state index is -0.318. The van der Waals surface area contributed by atoms with E-state index in [4.69, 9.17) is 10.8 Å². The number of carbonyl (C=O) groups excluding carboxylic acids is 1. The molecule has 138 valence electrons. The summed E-state index contributed by atoms with van der Waals surface area (Å²) in [5.74, 6) is 0.490. The molecule has 4 rings (SSSR count). The van der Waals surface area contributed by atoms with E-state index in [0.717, 1.165) is 35.4 Å². The maximum absolute atomic E-state index is 9.60. The van der Waals surface area contributed by atoms with Crippen LogP contribution in [0.15, 0.2) is 23.2 Å². The summed E-state index contributed by atoms with van der Waals surface area (Å²) in [7, 11) is 0. The fourth-order valence-corrected chi connectivity index (χ4v) is 3.08. The number of thiophene rings is 1. The maximum Gasteiger partial charge on any atom is 0.293 e. The number of hydrogen-bond donors (Lipinski definition) is 2. The predicted molar refractivity (Wildman–Crippen MR) is 102 cm³/mol. The largest absolute Gasteiger partial charge is 0.462 e. The first-order chi connectivity index (χ1) is 12.4. The second kappa shape index (κ2) is 7.38. The molecule has 1 aliphatic heterocycles. The zero-order valence-corrected chi connectivity index (χ0v) is 15.8. The van der Waals surface area contributed by atoms with E-state index in [-0.39, 0.29) is 5.60 Å². The number of anilines is 1. The lowest BCUT2D eigenvalue weighted by atomic mass is 10.2. The van der Waals surface area contributed by atoms with Gasteiger partial charge < -0.3 is 15.8 Å². The van der Waals surface area contributed by atoms with Crippen LogP contribution < -0.4 is 11.1 Å². The Hall–Kier alpha value is -2.52. The minimum Gasteiger partial charge on any atom is -0.462 e. The fraction of sp³-hybridized carbons (Fsp3) is 0.412. The van der Waals surface area contributed by atoms with Crippen LogP contribution >= 0.6 is 11.3 Å². The average Bonchev–Trinajstić information content (AvgIpc) is 3.14. The molecule has 9 heteroatoms. The Morgan fingerprint density at radius 2 is 2.15 bits per heavy atom. The molecule has 8 nitrogen and oxygen atoms in total. The Balaban J connectivity index is 0.000000242. The monoisotopic (exact) mass is 374 g/mol. The van der Waals surface area contributed by atoms with Crippen molar-refractivity contribution < 1.29 is 9.53 Å². The van der Waals surface area contributed by atoms with Crippen LogP contribution in [-0.4, -0.2) is 44.9 Å². The molecule has 0 amide bonds. The third-order valence-corrected chi connectivity index (χ3v) is 4.50. The van der Waals surface area contributed by atoms with E-state index < -0.39 is 0 Å². The van der Waals surface area contributed by atoms with Gasteiger partial charge in [0.2, 0.25) is 0 Å². The summed E-state index contributed by atoms with van der Waals surface area (Å²) in [5, 5.41) is 12.9. The smallest absolute Gasteiger partial charge is 0.293 e. The molecule has 0 spiro atoms. The van der Waals surface area contributed by atoms with Gasteiger partial charge >= 0.3 is 0 Å². The summed E-state index contributed by atoms with van der Waals surface area (Å²) >= 11 is 1.64. The van der Waals surface area contributed by atoms with Crippen molar-refractivity contribution in [3.05, 3.63) is 23.2 Å². The Labute approximate surface area is 155 Å². The van der Waals surface area contributed by atoms with Crippen LogP contribution in [0.25, 0.3) is 22.3 Å². The molecule has 4 heterocycles. The minimum absolute atomic E-state index is 0.318. The molecule has 1 saturated heterocycles. The number of nitrogen functional groups attached to an aromatic ring is 1. The lowest BCUT2D eigenvalue weighted by molar-refractivity contribution is -0.138. The van der Waals surface area contributed by atoms with E-state index in [1.807, 2.05) is 36.9 Å². The van der Waals surface area contributed by atoms with Crippen molar-refractivity contribution in [2.24, 2.45) is 0 Å². The molecule has 0 aliphatic carbocycles. The molecule has 1 aliphatic rings. The average molecular weight is 374 g/mol. The van der Waals surface area contributed by atoms with Crippen molar-refractivity contribution in [1.29, 1.82) is 0 Å². The van der Waals surface area contributed by atoms with Crippen LogP contribution in [0.1, 0.15) is 26.8 Å². The summed E-state index contributed by atoms with van der Waals surface area (Å²) in [6.07, 6.45) is 1.50. The SMILES string of the molecule is CC(C)(C)OC=O.Nc1ncnc2c1c(-c1ccsc1)nn2C1CNC1. The number of nitrogens with zero attached hydrogens (tertiary/aromatic N) is 4. The molecule has 3 N–H and O–H groups in total. The van der Waals surface area contributed by atoms with E-state index in [9.17, 15) is 4.79 Å². The van der Waals surface area contributed by atoms with Crippen molar-refractivity contribution in [1.82, 2.24) is 25.1 Å². The number of rotatable bonds is 3. The molecule has 3 aromatic heterocycles. The van der Waals surface area contributed by atoms with E-state index in [1.54, 1.807) is 11.3 Å². The maximum atomic E-state index is 9.60. The molecule has 3 aromatic rings. The van der Waals surface area contributed by atoms with Gasteiger partial charge in [-0.05, 0) is 32.2 Å². The van der Waals surface area contributed by atoms with Crippen molar-refractivity contribution in [3.63, 3.8) is 0 Å².